The number of hydrogen-bond donors (Lipinski definition) is 0. The quantitative estimate of drug-likeness (QED) is 0.841. The van der Waals surface area contributed by atoms with E-state index in [9.17, 15) is 4.39 Å². The van der Waals surface area contributed by atoms with Gasteiger partial charge in [-0.3, -0.25) is 4.68 Å². The summed E-state index contributed by atoms with van der Waals surface area (Å²) in [6, 6.07) is 3.65. The summed E-state index contributed by atoms with van der Waals surface area (Å²) in [4.78, 5) is 2.02. The number of ether oxygens (including phenoxy) is 1. The Kier molecular flexibility index (Phi) is 3.69. The van der Waals surface area contributed by atoms with E-state index in [1.165, 1.54) is 0 Å². The van der Waals surface area contributed by atoms with Crippen molar-refractivity contribution in [2.24, 2.45) is 0 Å². The molecular formula is C14H17BrFN3O. The monoisotopic (exact) mass is 341 g/mol. The van der Waals surface area contributed by atoms with Gasteiger partial charge in [0.2, 0.25) is 0 Å². The molecule has 4 nitrogen and oxygen atoms in total. The maximum atomic E-state index is 14.2. The van der Waals surface area contributed by atoms with Crippen LogP contribution in [0.4, 0.5) is 4.39 Å². The van der Waals surface area contributed by atoms with E-state index in [2.05, 4.69) is 21.0 Å². The molecule has 1 aliphatic rings. The van der Waals surface area contributed by atoms with Crippen LogP contribution in [-0.2, 0) is 0 Å². The molecule has 0 N–H and O–H groups in total. The molecule has 0 aliphatic carbocycles. The largest absolute Gasteiger partial charge is 0.495 e. The van der Waals surface area contributed by atoms with Gasteiger partial charge in [0, 0.05) is 30.7 Å². The predicted molar refractivity (Wildman–Crippen MR) is 80.0 cm³/mol. The van der Waals surface area contributed by atoms with Crippen LogP contribution in [0, 0.1) is 0 Å². The molecule has 0 radical (unpaired) electrons. The number of fused-ring (bicyclic) bond motifs is 1. The number of halogens is 2. The molecule has 2 heterocycles. The highest BCUT2D eigenvalue weighted by Gasteiger charge is 2.29. The van der Waals surface area contributed by atoms with Crippen molar-refractivity contribution >= 4 is 26.8 Å². The van der Waals surface area contributed by atoms with Crippen LogP contribution in [0.25, 0.3) is 10.9 Å². The van der Waals surface area contributed by atoms with E-state index in [1.807, 2.05) is 30.3 Å². The minimum atomic E-state index is -0.881. The molecule has 1 fully saturated rings. The second kappa shape index (κ2) is 5.33. The van der Waals surface area contributed by atoms with E-state index >= 15 is 0 Å². The SMILES string of the molecule is COc1cc2nn([C@@H]3CCN(C)C[C@@H]3F)cc2cc1Br. The molecule has 3 rings (SSSR count). The van der Waals surface area contributed by atoms with Crippen LogP contribution in [0.3, 0.4) is 0 Å². The van der Waals surface area contributed by atoms with Crippen molar-refractivity contribution in [1.82, 2.24) is 14.7 Å². The summed E-state index contributed by atoms with van der Waals surface area (Å²) in [6.07, 6.45) is 1.82. The van der Waals surface area contributed by atoms with Crippen LogP contribution < -0.4 is 4.74 Å². The summed E-state index contributed by atoms with van der Waals surface area (Å²) in [7, 11) is 3.57. The standard InChI is InChI=1S/C14H17BrFN3O/c1-18-4-3-13(11(16)8-18)19-7-9-5-10(15)14(20-2)6-12(9)17-19/h5-7,11,13H,3-4,8H2,1-2H3/t11-,13+/m0/s1. The molecule has 1 saturated heterocycles. The van der Waals surface area contributed by atoms with Crippen molar-refractivity contribution in [1.29, 1.82) is 0 Å². The molecule has 0 spiro atoms. The maximum Gasteiger partial charge on any atom is 0.135 e. The number of hydrogen-bond acceptors (Lipinski definition) is 3. The van der Waals surface area contributed by atoms with Crippen molar-refractivity contribution < 1.29 is 9.13 Å². The summed E-state index contributed by atoms with van der Waals surface area (Å²) in [6.45, 7) is 1.36. The zero-order valence-corrected chi connectivity index (χ0v) is 13.1. The zero-order chi connectivity index (χ0) is 14.3. The lowest BCUT2D eigenvalue weighted by molar-refractivity contribution is 0.101. The summed E-state index contributed by atoms with van der Waals surface area (Å²) in [5.74, 6) is 0.739. The van der Waals surface area contributed by atoms with Crippen LogP contribution >= 0.6 is 15.9 Å². The van der Waals surface area contributed by atoms with Gasteiger partial charge in [-0.1, -0.05) is 0 Å². The van der Waals surface area contributed by atoms with Gasteiger partial charge in [-0.25, -0.2) is 4.39 Å². The minimum Gasteiger partial charge on any atom is -0.495 e. The fraction of sp³-hybridized carbons (Fsp3) is 0.500. The second-order valence-electron chi connectivity index (χ2n) is 5.29. The predicted octanol–water partition coefficient (Wildman–Crippen LogP) is 3.02. The molecule has 2 aromatic rings. The third-order valence-electron chi connectivity index (χ3n) is 3.85. The van der Waals surface area contributed by atoms with Crippen molar-refractivity contribution in [3.63, 3.8) is 0 Å². The molecule has 0 amide bonds. The number of nitrogens with zero attached hydrogens (tertiary/aromatic N) is 3. The summed E-state index contributed by atoms with van der Waals surface area (Å²) < 4.78 is 22.1. The zero-order valence-electron chi connectivity index (χ0n) is 11.5. The topological polar surface area (TPSA) is 30.3 Å². The first-order valence-electron chi connectivity index (χ1n) is 6.63. The molecule has 1 aromatic heterocycles. The highest BCUT2D eigenvalue weighted by atomic mass is 79.9. The third kappa shape index (κ3) is 2.42. The van der Waals surface area contributed by atoms with Gasteiger partial charge in [-0.05, 0) is 35.5 Å². The molecule has 0 unspecified atom stereocenters. The minimum absolute atomic E-state index is 0.177. The Bertz CT molecular complexity index is 630. The van der Waals surface area contributed by atoms with E-state index in [4.69, 9.17) is 4.74 Å². The van der Waals surface area contributed by atoms with Crippen molar-refractivity contribution in [2.45, 2.75) is 18.6 Å². The summed E-state index contributed by atoms with van der Waals surface area (Å²) >= 11 is 3.46. The van der Waals surface area contributed by atoms with Gasteiger partial charge in [0.05, 0.1) is 23.1 Å². The fourth-order valence-electron chi connectivity index (χ4n) is 2.71. The first kappa shape index (κ1) is 13.8. The number of methoxy groups -OCH3 is 1. The average Bonchev–Trinajstić information content (AvgIpc) is 2.79. The molecular weight excluding hydrogens is 325 g/mol. The first-order chi connectivity index (χ1) is 9.58. The lowest BCUT2D eigenvalue weighted by Crippen LogP contribution is -2.40. The van der Waals surface area contributed by atoms with Crippen molar-refractivity contribution in [3.8, 4) is 5.75 Å². The van der Waals surface area contributed by atoms with E-state index in [0.717, 1.165) is 34.1 Å². The Morgan fingerprint density at radius 2 is 2.25 bits per heavy atom. The number of piperidine rings is 1. The molecule has 0 saturated carbocycles. The van der Waals surface area contributed by atoms with Crippen LogP contribution in [-0.4, -0.2) is 48.1 Å². The van der Waals surface area contributed by atoms with E-state index < -0.39 is 6.17 Å². The van der Waals surface area contributed by atoms with Gasteiger partial charge < -0.3 is 9.64 Å². The number of benzene rings is 1. The Labute approximate surface area is 125 Å². The van der Waals surface area contributed by atoms with Crippen LogP contribution in [0.1, 0.15) is 12.5 Å². The maximum absolute atomic E-state index is 14.2. The Hall–Kier alpha value is -1.14. The lowest BCUT2D eigenvalue weighted by Gasteiger charge is -2.32. The number of alkyl halides is 1. The molecule has 2 atom stereocenters. The van der Waals surface area contributed by atoms with Gasteiger partial charge in [0.15, 0.2) is 0 Å². The number of likely N-dealkylation sites (tertiary alicyclic amines) is 1. The fourth-order valence-corrected chi connectivity index (χ4v) is 3.24. The molecule has 6 heteroatoms. The van der Waals surface area contributed by atoms with E-state index in [-0.39, 0.29) is 6.04 Å². The van der Waals surface area contributed by atoms with Gasteiger partial charge in [-0.2, -0.15) is 5.10 Å². The lowest BCUT2D eigenvalue weighted by atomic mass is 10.0. The number of rotatable bonds is 2. The Balaban J connectivity index is 1.96. The van der Waals surface area contributed by atoms with Gasteiger partial charge in [-0.15, -0.1) is 0 Å². The normalized spacial score (nSPS) is 24.2. The highest BCUT2D eigenvalue weighted by Crippen LogP contribution is 2.32. The molecule has 20 heavy (non-hydrogen) atoms. The molecule has 108 valence electrons. The molecule has 1 aromatic carbocycles. The van der Waals surface area contributed by atoms with Gasteiger partial charge >= 0.3 is 0 Å². The Morgan fingerprint density at radius 1 is 1.45 bits per heavy atom. The average molecular weight is 342 g/mol. The van der Waals surface area contributed by atoms with Gasteiger partial charge in [0.1, 0.15) is 11.9 Å². The summed E-state index contributed by atoms with van der Waals surface area (Å²) in [5.41, 5.74) is 0.830. The molecule has 0 bridgehead atoms. The third-order valence-corrected chi connectivity index (χ3v) is 4.47. The van der Waals surface area contributed by atoms with Crippen molar-refractivity contribution in [3.05, 3.63) is 22.8 Å². The second-order valence-corrected chi connectivity index (χ2v) is 6.14. The van der Waals surface area contributed by atoms with E-state index in [1.54, 1.807) is 11.8 Å². The van der Waals surface area contributed by atoms with Gasteiger partial charge in [0.25, 0.3) is 0 Å². The molecule has 1 aliphatic heterocycles. The smallest absolute Gasteiger partial charge is 0.135 e. The Morgan fingerprint density at radius 3 is 2.95 bits per heavy atom. The van der Waals surface area contributed by atoms with E-state index in [0.29, 0.717) is 6.54 Å². The summed E-state index contributed by atoms with van der Waals surface area (Å²) in [5, 5.41) is 5.51. The highest BCUT2D eigenvalue weighted by molar-refractivity contribution is 9.10. The van der Waals surface area contributed by atoms with Crippen molar-refractivity contribution in [2.75, 3.05) is 27.2 Å². The van der Waals surface area contributed by atoms with Crippen LogP contribution in [0.5, 0.6) is 5.75 Å². The number of aromatic nitrogens is 2. The van der Waals surface area contributed by atoms with Crippen LogP contribution in [0.15, 0.2) is 22.8 Å². The first-order valence-corrected chi connectivity index (χ1v) is 7.43. The van der Waals surface area contributed by atoms with Crippen LogP contribution in [0.2, 0.25) is 0 Å².